The summed E-state index contributed by atoms with van der Waals surface area (Å²) in [7, 11) is 0. The summed E-state index contributed by atoms with van der Waals surface area (Å²) >= 11 is 1.69. The lowest BCUT2D eigenvalue weighted by molar-refractivity contribution is -0.118. The number of amides is 1. The molecule has 0 unspecified atom stereocenters. The lowest BCUT2D eigenvalue weighted by Crippen LogP contribution is -2.36. The van der Waals surface area contributed by atoms with Gasteiger partial charge in [-0.05, 0) is 42.3 Å². The van der Waals surface area contributed by atoms with Gasteiger partial charge < -0.3 is 11.1 Å². The van der Waals surface area contributed by atoms with Gasteiger partial charge in [-0.3, -0.25) is 4.79 Å². The van der Waals surface area contributed by atoms with E-state index in [-0.39, 0.29) is 11.3 Å². The van der Waals surface area contributed by atoms with Crippen molar-refractivity contribution in [2.45, 2.75) is 38.5 Å². The molecule has 1 aliphatic carbocycles. The molecule has 0 spiro atoms. The molecule has 0 atom stereocenters. The summed E-state index contributed by atoms with van der Waals surface area (Å²) < 4.78 is 0. The zero-order valence-electron chi connectivity index (χ0n) is 13.4. The lowest BCUT2D eigenvalue weighted by atomic mass is 9.71. The monoisotopic (exact) mass is 328 g/mol. The fourth-order valence-electron chi connectivity index (χ4n) is 3.53. The number of hydrogen-bond acceptors (Lipinski definition) is 3. The minimum atomic E-state index is 0.000207. The topological polar surface area (TPSA) is 55.1 Å². The summed E-state index contributed by atoms with van der Waals surface area (Å²) in [6.45, 7) is 0.604. The van der Waals surface area contributed by atoms with Crippen LogP contribution in [0, 0.1) is 5.41 Å². The molecule has 3 N–H and O–H groups in total. The van der Waals surface area contributed by atoms with Crippen molar-refractivity contribution in [3.8, 4) is 10.4 Å². The van der Waals surface area contributed by atoms with Gasteiger partial charge in [-0.15, -0.1) is 11.3 Å². The summed E-state index contributed by atoms with van der Waals surface area (Å²) in [6, 6.07) is 12.1. The first-order chi connectivity index (χ1) is 11.2. The highest BCUT2D eigenvalue weighted by Crippen LogP contribution is 2.39. The van der Waals surface area contributed by atoms with E-state index in [4.69, 9.17) is 5.73 Å². The van der Waals surface area contributed by atoms with Gasteiger partial charge in [-0.2, -0.15) is 0 Å². The third-order valence-corrected chi connectivity index (χ3v) is 5.77. The van der Waals surface area contributed by atoms with E-state index in [1.54, 1.807) is 11.3 Å². The Hall–Kier alpha value is -1.65. The second-order valence-electron chi connectivity index (χ2n) is 6.51. The molecule has 1 saturated carbocycles. The van der Waals surface area contributed by atoms with E-state index in [9.17, 15) is 4.79 Å². The molecule has 122 valence electrons. The first-order valence-electron chi connectivity index (χ1n) is 8.35. The van der Waals surface area contributed by atoms with Crippen LogP contribution in [0.3, 0.4) is 0 Å². The number of rotatable bonds is 5. The fourth-order valence-corrected chi connectivity index (χ4v) is 4.29. The first kappa shape index (κ1) is 16.2. The average Bonchev–Trinajstić information content (AvgIpc) is 3.10. The minimum Gasteiger partial charge on any atom is -0.330 e. The number of nitrogens with two attached hydrogens (primary N) is 1. The molecular weight excluding hydrogens is 304 g/mol. The SMILES string of the molecule is NCC1(CC(=O)Nc2ccccc2-c2cccs2)CCCCC1. The van der Waals surface area contributed by atoms with E-state index in [2.05, 4.69) is 22.8 Å². The summed E-state index contributed by atoms with van der Waals surface area (Å²) in [5, 5.41) is 5.17. The Kier molecular flexibility index (Phi) is 5.13. The second-order valence-corrected chi connectivity index (χ2v) is 7.46. The van der Waals surface area contributed by atoms with Crippen LogP contribution in [0.25, 0.3) is 10.4 Å². The van der Waals surface area contributed by atoms with Gasteiger partial charge in [0.15, 0.2) is 0 Å². The number of nitrogens with one attached hydrogen (secondary N) is 1. The van der Waals surface area contributed by atoms with E-state index < -0.39 is 0 Å². The Morgan fingerprint density at radius 3 is 2.61 bits per heavy atom. The second kappa shape index (κ2) is 7.28. The molecule has 1 fully saturated rings. The van der Waals surface area contributed by atoms with Crippen molar-refractivity contribution < 1.29 is 4.79 Å². The maximum Gasteiger partial charge on any atom is 0.224 e. The van der Waals surface area contributed by atoms with Crippen molar-refractivity contribution in [2.75, 3.05) is 11.9 Å². The highest BCUT2D eigenvalue weighted by atomic mass is 32.1. The predicted molar refractivity (Wildman–Crippen MR) is 97.6 cm³/mol. The van der Waals surface area contributed by atoms with Gasteiger partial charge >= 0.3 is 0 Å². The third kappa shape index (κ3) is 3.82. The number of anilines is 1. The van der Waals surface area contributed by atoms with Gasteiger partial charge in [0, 0.05) is 22.5 Å². The van der Waals surface area contributed by atoms with E-state index >= 15 is 0 Å². The van der Waals surface area contributed by atoms with Crippen LogP contribution in [0.15, 0.2) is 41.8 Å². The first-order valence-corrected chi connectivity index (χ1v) is 9.23. The summed E-state index contributed by atoms with van der Waals surface area (Å²) in [6.07, 6.45) is 6.33. The van der Waals surface area contributed by atoms with Gasteiger partial charge in [-0.25, -0.2) is 0 Å². The number of para-hydroxylation sites is 1. The molecular formula is C19H24N2OS. The van der Waals surface area contributed by atoms with Crippen molar-refractivity contribution in [3.63, 3.8) is 0 Å². The molecule has 0 bridgehead atoms. The number of carbonyl (C=O) groups is 1. The van der Waals surface area contributed by atoms with Crippen LogP contribution in [0.4, 0.5) is 5.69 Å². The van der Waals surface area contributed by atoms with Gasteiger partial charge in [0.05, 0.1) is 0 Å². The Morgan fingerprint density at radius 2 is 1.91 bits per heavy atom. The average molecular weight is 328 g/mol. The van der Waals surface area contributed by atoms with E-state index in [1.165, 1.54) is 24.1 Å². The number of hydrogen-bond donors (Lipinski definition) is 2. The van der Waals surface area contributed by atoms with Crippen LogP contribution in [0.5, 0.6) is 0 Å². The van der Waals surface area contributed by atoms with Gasteiger partial charge in [0.25, 0.3) is 0 Å². The van der Waals surface area contributed by atoms with Gasteiger partial charge in [-0.1, -0.05) is 43.5 Å². The molecule has 1 aromatic heterocycles. The van der Waals surface area contributed by atoms with Crippen molar-refractivity contribution in [2.24, 2.45) is 11.1 Å². The normalized spacial score (nSPS) is 16.9. The van der Waals surface area contributed by atoms with Crippen LogP contribution in [-0.2, 0) is 4.79 Å². The van der Waals surface area contributed by atoms with E-state index in [0.717, 1.165) is 24.1 Å². The predicted octanol–water partition coefficient (Wildman–Crippen LogP) is 4.65. The van der Waals surface area contributed by atoms with Crippen LogP contribution in [0.2, 0.25) is 0 Å². The standard InChI is InChI=1S/C19H24N2OS/c20-14-19(10-4-1-5-11-19)13-18(22)21-16-8-3-2-7-15(16)17-9-6-12-23-17/h2-3,6-9,12H,1,4-5,10-11,13-14,20H2,(H,21,22). The van der Waals surface area contributed by atoms with Crippen molar-refractivity contribution >= 4 is 22.9 Å². The zero-order valence-corrected chi connectivity index (χ0v) is 14.2. The number of thiophene rings is 1. The van der Waals surface area contributed by atoms with E-state index in [0.29, 0.717) is 13.0 Å². The van der Waals surface area contributed by atoms with Gasteiger partial charge in [0.1, 0.15) is 0 Å². The van der Waals surface area contributed by atoms with E-state index in [1.807, 2.05) is 24.3 Å². The number of carbonyl (C=O) groups excluding carboxylic acids is 1. The van der Waals surface area contributed by atoms with Crippen LogP contribution in [-0.4, -0.2) is 12.5 Å². The Labute approximate surface area is 141 Å². The lowest BCUT2D eigenvalue weighted by Gasteiger charge is -2.35. The third-order valence-electron chi connectivity index (χ3n) is 4.87. The summed E-state index contributed by atoms with van der Waals surface area (Å²) in [4.78, 5) is 13.8. The summed E-state index contributed by atoms with van der Waals surface area (Å²) in [5.74, 6) is 0.0846. The molecule has 3 rings (SSSR count). The highest BCUT2D eigenvalue weighted by Gasteiger charge is 2.33. The molecule has 1 aliphatic rings. The molecule has 23 heavy (non-hydrogen) atoms. The van der Waals surface area contributed by atoms with Crippen LogP contribution in [0.1, 0.15) is 38.5 Å². The molecule has 3 nitrogen and oxygen atoms in total. The fraction of sp³-hybridized carbons (Fsp3) is 0.421. The summed E-state index contributed by atoms with van der Waals surface area (Å²) in [5.41, 5.74) is 7.98. The molecule has 0 saturated heterocycles. The minimum absolute atomic E-state index is 0.000207. The molecule has 4 heteroatoms. The molecule has 1 aromatic carbocycles. The quantitative estimate of drug-likeness (QED) is 0.839. The maximum absolute atomic E-state index is 12.6. The largest absolute Gasteiger partial charge is 0.330 e. The van der Waals surface area contributed by atoms with Gasteiger partial charge in [0.2, 0.25) is 5.91 Å². The molecule has 1 heterocycles. The Morgan fingerprint density at radius 1 is 1.13 bits per heavy atom. The molecule has 0 radical (unpaired) electrons. The molecule has 1 amide bonds. The van der Waals surface area contributed by atoms with Crippen molar-refractivity contribution in [1.29, 1.82) is 0 Å². The Bertz CT molecular complexity index is 645. The maximum atomic E-state index is 12.6. The van der Waals surface area contributed by atoms with Crippen LogP contribution >= 0.6 is 11.3 Å². The van der Waals surface area contributed by atoms with Crippen LogP contribution < -0.4 is 11.1 Å². The zero-order chi connectivity index (χ0) is 16.1. The Balaban J connectivity index is 1.73. The van der Waals surface area contributed by atoms with Crippen molar-refractivity contribution in [3.05, 3.63) is 41.8 Å². The van der Waals surface area contributed by atoms with Crippen molar-refractivity contribution in [1.82, 2.24) is 0 Å². The molecule has 0 aliphatic heterocycles. The highest BCUT2D eigenvalue weighted by molar-refractivity contribution is 7.13. The smallest absolute Gasteiger partial charge is 0.224 e. The molecule has 2 aromatic rings. The number of benzene rings is 1.